The number of sulfone groups is 1. The van der Waals surface area contributed by atoms with Crippen LogP contribution >= 0.6 is 11.8 Å². The van der Waals surface area contributed by atoms with Crippen molar-refractivity contribution in [2.45, 2.75) is 37.6 Å². The van der Waals surface area contributed by atoms with Crippen molar-refractivity contribution in [1.82, 2.24) is 10.2 Å². The van der Waals surface area contributed by atoms with Crippen molar-refractivity contribution < 1.29 is 23.1 Å². The van der Waals surface area contributed by atoms with Gasteiger partial charge in [-0.05, 0) is 72.7 Å². The smallest absolute Gasteiger partial charge is 0.326 e. The topological polar surface area (TPSA) is 104 Å². The number of likely N-dealkylation sites (tertiary alicyclic amines) is 1. The van der Waals surface area contributed by atoms with Crippen molar-refractivity contribution in [2.24, 2.45) is 0 Å². The van der Waals surface area contributed by atoms with E-state index in [-0.39, 0.29) is 5.25 Å². The summed E-state index contributed by atoms with van der Waals surface area (Å²) in [5.74, 6) is -0.840. The Morgan fingerprint density at radius 3 is 2.56 bits per heavy atom. The molecule has 0 aliphatic carbocycles. The Bertz CT molecular complexity index is 1150. The number of benzene rings is 2. The Morgan fingerprint density at radius 2 is 1.94 bits per heavy atom. The Kier molecular flexibility index (Phi) is 8.78. The summed E-state index contributed by atoms with van der Waals surface area (Å²) in [7, 11) is -3.07. The van der Waals surface area contributed by atoms with Gasteiger partial charge in [0.15, 0.2) is 9.84 Å². The number of carboxylic acids is 1. The molecule has 3 rings (SSSR count). The van der Waals surface area contributed by atoms with Gasteiger partial charge in [0, 0.05) is 24.9 Å². The zero-order chi connectivity index (χ0) is 24.9. The molecule has 1 aliphatic heterocycles. The molecule has 0 saturated carbocycles. The highest BCUT2D eigenvalue weighted by Crippen LogP contribution is 2.29. The number of aryl methyl sites for hydroxylation is 1. The number of amides is 1. The fourth-order valence-electron chi connectivity index (χ4n) is 4.26. The van der Waals surface area contributed by atoms with E-state index in [1.807, 2.05) is 49.6 Å². The van der Waals surface area contributed by atoms with Gasteiger partial charge in [0.05, 0.1) is 5.25 Å². The molecule has 2 unspecified atom stereocenters. The second-order valence-electron chi connectivity index (χ2n) is 8.82. The van der Waals surface area contributed by atoms with Crippen LogP contribution in [0.1, 0.15) is 34.3 Å². The Hall–Kier alpha value is -2.36. The van der Waals surface area contributed by atoms with Crippen LogP contribution in [0.15, 0.2) is 42.5 Å². The van der Waals surface area contributed by atoms with Crippen molar-refractivity contribution in [2.75, 3.05) is 31.4 Å². The molecule has 1 amide bonds. The number of aliphatic carboxylic acids is 1. The summed E-state index contributed by atoms with van der Waals surface area (Å²) < 4.78 is 23.8. The van der Waals surface area contributed by atoms with E-state index in [4.69, 9.17) is 0 Å². The van der Waals surface area contributed by atoms with Gasteiger partial charge in [-0.1, -0.05) is 30.3 Å². The largest absolute Gasteiger partial charge is 0.480 e. The average Bonchev–Trinajstić information content (AvgIpc) is 3.25. The van der Waals surface area contributed by atoms with Gasteiger partial charge < -0.3 is 10.4 Å². The first-order chi connectivity index (χ1) is 16.1. The standard InChI is InChI=1S/C25H32N2O5S2/c1-17-6-4-5-7-20(17)22-14-18(15-27-12-10-19(16-27)34(3,31)32)8-9-21(22)24(28)26-23(25(29)30)11-13-33-2/h4-9,14,19,23H,10-13,15-16H2,1-3H3,(H,26,28)(H,29,30). The maximum atomic E-state index is 13.2. The first-order valence-electron chi connectivity index (χ1n) is 11.2. The predicted molar refractivity (Wildman–Crippen MR) is 137 cm³/mol. The lowest BCUT2D eigenvalue weighted by Crippen LogP contribution is -2.41. The minimum atomic E-state index is -3.07. The minimum Gasteiger partial charge on any atom is -0.480 e. The quantitative estimate of drug-likeness (QED) is 0.512. The van der Waals surface area contributed by atoms with E-state index in [9.17, 15) is 23.1 Å². The predicted octanol–water partition coefficient (Wildman–Crippen LogP) is 3.22. The van der Waals surface area contributed by atoms with E-state index >= 15 is 0 Å². The monoisotopic (exact) mass is 504 g/mol. The van der Waals surface area contributed by atoms with Crippen LogP contribution in [0.4, 0.5) is 0 Å². The fourth-order valence-corrected chi connectivity index (χ4v) is 5.75. The molecule has 1 aliphatic rings. The first kappa shape index (κ1) is 26.2. The lowest BCUT2D eigenvalue weighted by atomic mass is 9.93. The third-order valence-electron chi connectivity index (χ3n) is 6.22. The molecular weight excluding hydrogens is 472 g/mol. The zero-order valence-corrected chi connectivity index (χ0v) is 21.4. The number of rotatable bonds is 10. The number of nitrogens with one attached hydrogen (secondary N) is 1. The van der Waals surface area contributed by atoms with Gasteiger partial charge in [-0.2, -0.15) is 11.8 Å². The van der Waals surface area contributed by atoms with Gasteiger partial charge in [0.1, 0.15) is 6.04 Å². The number of hydrogen-bond acceptors (Lipinski definition) is 6. The van der Waals surface area contributed by atoms with Crippen molar-refractivity contribution in [1.29, 1.82) is 0 Å². The molecule has 2 aromatic carbocycles. The summed E-state index contributed by atoms with van der Waals surface area (Å²) in [5.41, 5.74) is 4.04. The van der Waals surface area contributed by atoms with Crippen LogP contribution in [0, 0.1) is 6.92 Å². The third kappa shape index (κ3) is 6.61. The molecule has 184 valence electrons. The van der Waals surface area contributed by atoms with Crippen molar-refractivity contribution in [3.63, 3.8) is 0 Å². The molecule has 7 nitrogen and oxygen atoms in total. The van der Waals surface area contributed by atoms with Gasteiger partial charge in [-0.3, -0.25) is 9.69 Å². The number of carbonyl (C=O) groups is 2. The Balaban J connectivity index is 1.90. The maximum absolute atomic E-state index is 13.2. The van der Waals surface area contributed by atoms with E-state index in [2.05, 4.69) is 10.2 Å². The summed E-state index contributed by atoms with van der Waals surface area (Å²) in [6, 6.07) is 12.4. The molecule has 2 N–H and O–H groups in total. The van der Waals surface area contributed by atoms with Crippen LogP contribution in [0.25, 0.3) is 11.1 Å². The molecule has 1 saturated heterocycles. The second-order valence-corrected chi connectivity index (χ2v) is 12.1. The van der Waals surface area contributed by atoms with Crippen molar-refractivity contribution in [3.05, 3.63) is 59.2 Å². The van der Waals surface area contributed by atoms with E-state index in [0.29, 0.717) is 43.8 Å². The third-order valence-corrected chi connectivity index (χ3v) is 8.46. The van der Waals surface area contributed by atoms with Crippen LogP contribution < -0.4 is 5.32 Å². The number of thioether (sulfide) groups is 1. The lowest BCUT2D eigenvalue weighted by Gasteiger charge is -2.20. The molecule has 9 heteroatoms. The lowest BCUT2D eigenvalue weighted by molar-refractivity contribution is -0.139. The second kappa shape index (κ2) is 11.4. The molecule has 1 heterocycles. The maximum Gasteiger partial charge on any atom is 0.326 e. The number of hydrogen-bond donors (Lipinski definition) is 2. The fraction of sp³-hybridized carbons (Fsp3) is 0.440. The summed E-state index contributed by atoms with van der Waals surface area (Å²) >= 11 is 1.53. The van der Waals surface area contributed by atoms with Crippen LogP contribution in [0.3, 0.4) is 0 Å². The minimum absolute atomic E-state index is 0.344. The zero-order valence-electron chi connectivity index (χ0n) is 19.8. The first-order valence-corrected chi connectivity index (χ1v) is 14.6. The van der Waals surface area contributed by atoms with Crippen LogP contribution in [-0.4, -0.2) is 72.9 Å². The van der Waals surface area contributed by atoms with Gasteiger partial charge in [0.2, 0.25) is 0 Å². The van der Waals surface area contributed by atoms with Gasteiger partial charge >= 0.3 is 5.97 Å². The summed E-state index contributed by atoms with van der Waals surface area (Å²) in [6.45, 7) is 3.75. The highest BCUT2D eigenvalue weighted by Gasteiger charge is 2.30. The average molecular weight is 505 g/mol. The van der Waals surface area contributed by atoms with E-state index in [1.165, 1.54) is 18.0 Å². The SMILES string of the molecule is CSCCC(NC(=O)c1ccc(CN2CCC(S(C)(=O)=O)C2)cc1-c1ccccc1C)C(=O)O. The molecule has 34 heavy (non-hydrogen) atoms. The van der Waals surface area contributed by atoms with Crippen molar-refractivity contribution >= 4 is 33.5 Å². The highest BCUT2D eigenvalue weighted by atomic mass is 32.2. The molecule has 0 aromatic heterocycles. The van der Waals surface area contributed by atoms with E-state index < -0.39 is 27.8 Å². The number of carboxylic acid groups (broad SMARTS) is 1. The molecule has 2 atom stereocenters. The van der Waals surface area contributed by atoms with Crippen LogP contribution in [-0.2, 0) is 21.2 Å². The Morgan fingerprint density at radius 1 is 1.21 bits per heavy atom. The molecule has 1 fully saturated rings. The molecular formula is C25H32N2O5S2. The summed E-state index contributed by atoms with van der Waals surface area (Å²) in [5, 5.41) is 11.9. The normalized spacial score (nSPS) is 17.4. The molecule has 0 spiro atoms. The molecule has 2 aromatic rings. The molecule has 0 radical (unpaired) electrons. The highest BCUT2D eigenvalue weighted by molar-refractivity contribution is 7.98. The molecule has 0 bridgehead atoms. The van der Waals surface area contributed by atoms with Crippen LogP contribution in [0.5, 0.6) is 0 Å². The van der Waals surface area contributed by atoms with Gasteiger partial charge in [-0.15, -0.1) is 0 Å². The summed E-state index contributed by atoms with van der Waals surface area (Å²) in [4.78, 5) is 26.9. The van der Waals surface area contributed by atoms with Crippen LogP contribution in [0.2, 0.25) is 0 Å². The number of nitrogens with zero attached hydrogens (tertiary/aromatic N) is 1. The number of carbonyl (C=O) groups excluding carboxylic acids is 1. The van der Waals surface area contributed by atoms with E-state index in [0.717, 1.165) is 22.3 Å². The summed E-state index contributed by atoms with van der Waals surface area (Å²) in [6.07, 6.45) is 4.15. The van der Waals surface area contributed by atoms with Crippen molar-refractivity contribution in [3.8, 4) is 11.1 Å². The Labute approximate surface area is 205 Å². The van der Waals surface area contributed by atoms with Gasteiger partial charge in [-0.25, -0.2) is 13.2 Å². The van der Waals surface area contributed by atoms with E-state index in [1.54, 1.807) is 6.07 Å². The van der Waals surface area contributed by atoms with Gasteiger partial charge in [0.25, 0.3) is 5.91 Å².